The van der Waals surface area contributed by atoms with Crippen molar-refractivity contribution in [1.82, 2.24) is 10.6 Å². The van der Waals surface area contributed by atoms with Gasteiger partial charge in [0.1, 0.15) is 38.8 Å². The first-order valence-corrected chi connectivity index (χ1v) is 22.0. The number of amides is 3. The van der Waals surface area contributed by atoms with Crippen LogP contribution in [0.15, 0.2) is 76.5 Å². The molecule has 16 heteroatoms. The molecule has 13 nitrogen and oxygen atoms in total. The van der Waals surface area contributed by atoms with Gasteiger partial charge in [-0.25, -0.2) is 13.2 Å². The number of carboxylic acids is 1. The second kappa shape index (κ2) is 19.4. The zero-order chi connectivity index (χ0) is 40.3. The van der Waals surface area contributed by atoms with Crippen LogP contribution >= 0.6 is 23.5 Å². The van der Waals surface area contributed by atoms with Crippen molar-refractivity contribution in [1.29, 1.82) is 0 Å². The Morgan fingerprint density at radius 2 is 1.60 bits per heavy atom. The number of para-hydroxylation sites is 1. The van der Waals surface area contributed by atoms with Crippen molar-refractivity contribution >= 4 is 73.5 Å². The van der Waals surface area contributed by atoms with Gasteiger partial charge in [0, 0.05) is 16.8 Å². The quantitative estimate of drug-likeness (QED) is 0.0813. The maximum atomic E-state index is 14.7. The third-order valence-electron chi connectivity index (χ3n) is 9.17. The zero-order valence-corrected chi connectivity index (χ0v) is 33.7. The van der Waals surface area contributed by atoms with Crippen molar-refractivity contribution in [3.8, 4) is 11.5 Å². The first-order chi connectivity index (χ1) is 26.1. The van der Waals surface area contributed by atoms with E-state index in [1.54, 1.807) is 23.3 Å². The molecule has 296 valence electrons. The number of hydrogen-bond acceptors (Lipinski definition) is 11. The van der Waals surface area contributed by atoms with Crippen molar-refractivity contribution in [2.75, 3.05) is 29.8 Å². The molecule has 0 fully saturated rings. The number of carbonyl (C=O) groups is 5. The van der Waals surface area contributed by atoms with Crippen LogP contribution in [-0.4, -0.2) is 78.4 Å². The molecule has 4 N–H and O–H groups in total. The number of hydrogen-bond donors (Lipinski definition) is 4. The lowest BCUT2D eigenvalue weighted by Crippen LogP contribution is -2.48. The summed E-state index contributed by atoms with van der Waals surface area (Å²) in [4.78, 5) is 70.4. The molecule has 0 saturated carbocycles. The third kappa shape index (κ3) is 11.0. The molecule has 1 aliphatic heterocycles. The van der Waals surface area contributed by atoms with Gasteiger partial charge >= 0.3 is 5.97 Å². The molecule has 55 heavy (non-hydrogen) atoms. The smallest absolute Gasteiger partial charge is 0.326 e. The number of sulfone groups is 1. The Balaban J connectivity index is 1.66. The van der Waals surface area contributed by atoms with Gasteiger partial charge in [-0.15, -0.1) is 11.8 Å². The van der Waals surface area contributed by atoms with Crippen LogP contribution in [0.5, 0.6) is 11.5 Å². The number of phenolic OH excluding ortho intramolecular Hbond substituents is 1. The van der Waals surface area contributed by atoms with Crippen molar-refractivity contribution < 1.29 is 47.3 Å². The lowest BCUT2D eigenvalue weighted by molar-refractivity contribution is -0.142. The van der Waals surface area contributed by atoms with Gasteiger partial charge in [-0.1, -0.05) is 69.9 Å². The normalized spacial score (nSPS) is 15.0. The second-order valence-electron chi connectivity index (χ2n) is 13.3. The maximum absolute atomic E-state index is 14.7. The molecule has 1 heterocycles. The van der Waals surface area contributed by atoms with Crippen LogP contribution in [0.3, 0.4) is 0 Å². The van der Waals surface area contributed by atoms with Gasteiger partial charge in [-0.3, -0.25) is 24.1 Å². The van der Waals surface area contributed by atoms with Gasteiger partial charge in [0.05, 0.1) is 16.3 Å². The van der Waals surface area contributed by atoms with Crippen LogP contribution in [0.2, 0.25) is 0 Å². The van der Waals surface area contributed by atoms with E-state index < -0.39 is 63.9 Å². The summed E-state index contributed by atoms with van der Waals surface area (Å²) in [5.74, 6) is -3.77. The number of carbonyl (C=O) groups excluding carboxylic acids is 4. The fraction of sp³-hybridized carbons (Fsp3) is 0.410. The Morgan fingerprint density at radius 3 is 2.16 bits per heavy atom. The fourth-order valence-corrected chi connectivity index (χ4v) is 8.48. The number of benzene rings is 3. The predicted molar refractivity (Wildman–Crippen MR) is 213 cm³/mol. The molecule has 2 atom stereocenters. The molecule has 3 aromatic carbocycles. The monoisotopic (exact) mass is 813 g/mol. The standard InChI is InChI=1S/C39H47N3O10S3/c1-5-7-19-39(20-8-6-2)37(48)42(26-12-10-9-11-13-26)29-22-32(53-3)30(23-31(29)54-38(39)49)52-24-33(44)41-34(25-14-16-27(43)17-15-25)35(45)40-28(36(46)47)18-21-55(4,50)51/h9-17,22-23,28,34,43H,5-8,18-21,24H2,1-4H3,(H,40,45)(H,41,44)(H,46,47)/t28-,34+/m0/s1. The number of thioether (sulfide) groups is 2. The van der Waals surface area contributed by atoms with Gasteiger partial charge in [-0.2, -0.15) is 0 Å². The first-order valence-electron chi connectivity index (χ1n) is 17.9. The first kappa shape index (κ1) is 43.2. The van der Waals surface area contributed by atoms with Crippen molar-refractivity contribution in [3.05, 3.63) is 72.3 Å². The summed E-state index contributed by atoms with van der Waals surface area (Å²) < 4.78 is 29.4. The molecule has 1 aliphatic rings. The van der Waals surface area contributed by atoms with Crippen LogP contribution in [-0.2, 0) is 33.8 Å². The Hall–Kier alpha value is -4.54. The average Bonchev–Trinajstić information content (AvgIpc) is 3.23. The molecule has 0 unspecified atom stereocenters. The number of ether oxygens (including phenoxy) is 1. The molecular weight excluding hydrogens is 767 g/mol. The minimum atomic E-state index is -3.54. The van der Waals surface area contributed by atoms with Gasteiger partial charge in [0.15, 0.2) is 6.61 Å². The van der Waals surface area contributed by atoms with E-state index in [1.165, 1.54) is 36.0 Å². The van der Waals surface area contributed by atoms with Crippen LogP contribution in [0.25, 0.3) is 0 Å². The lowest BCUT2D eigenvalue weighted by Gasteiger charge is -2.34. The van der Waals surface area contributed by atoms with Gasteiger partial charge in [0.2, 0.25) is 16.9 Å². The number of rotatable bonds is 19. The van der Waals surface area contributed by atoms with E-state index in [9.17, 15) is 42.6 Å². The molecule has 3 amide bonds. The largest absolute Gasteiger partial charge is 0.508 e. The van der Waals surface area contributed by atoms with Crippen LogP contribution < -0.4 is 20.3 Å². The van der Waals surface area contributed by atoms with Crippen LogP contribution in [0.1, 0.15) is 70.4 Å². The third-order valence-corrected chi connectivity index (χ3v) is 12.0. The van der Waals surface area contributed by atoms with Crippen molar-refractivity contribution in [2.24, 2.45) is 5.41 Å². The molecule has 0 aromatic heterocycles. The summed E-state index contributed by atoms with van der Waals surface area (Å²) in [6.07, 6.45) is 6.18. The van der Waals surface area contributed by atoms with E-state index in [2.05, 4.69) is 10.6 Å². The van der Waals surface area contributed by atoms with E-state index in [1.807, 2.05) is 44.2 Å². The highest BCUT2D eigenvalue weighted by Crippen LogP contribution is 2.51. The number of carboxylic acid groups (broad SMARTS) is 1. The van der Waals surface area contributed by atoms with Crippen molar-refractivity contribution in [3.63, 3.8) is 0 Å². The van der Waals surface area contributed by atoms with Crippen molar-refractivity contribution in [2.45, 2.75) is 80.7 Å². The number of unbranched alkanes of at least 4 members (excludes halogenated alkanes) is 2. The highest BCUT2D eigenvalue weighted by Gasteiger charge is 2.50. The summed E-state index contributed by atoms with van der Waals surface area (Å²) in [6, 6.07) is 14.9. The second-order valence-corrected chi connectivity index (χ2v) is 17.4. The van der Waals surface area contributed by atoms with Gasteiger partial charge in [0.25, 0.3) is 5.91 Å². The topological polar surface area (TPSA) is 196 Å². The number of phenols is 1. The molecule has 0 saturated heterocycles. The molecule has 0 spiro atoms. The average molecular weight is 814 g/mol. The van der Waals surface area contributed by atoms with Gasteiger partial charge in [-0.05, 0) is 79.2 Å². The Kier molecular flexibility index (Phi) is 15.2. The minimum absolute atomic E-state index is 0.112. The molecule has 0 aliphatic carbocycles. The highest BCUT2D eigenvalue weighted by atomic mass is 32.2. The fourth-order valence-electron chi connectivity index (χ4n) is 6.16. The van der Waals surface area contributed by atoms with E-state index >= 15 is 0 Å². The number of nitrogens with one attached hydrogen (secondary N) is 2. The maximum Gasteiger partial charge on any atom is 0.326 e. The summed E-state index contributed by atoms with van der Waals surface area (Å²) in [6.45, 7) is 3.45. The number of aliphatic carboxylic acids is 1. The number of nitrogens with zero attached hydrogens (tertiary/aromatic N) is 1. The zero-order valence-electron chi connectivity index (χ0n) is 31.2. The molecule has 4 rings (SSSR count). The summed E-state index contributed by atoms with van der Waals surface area (Å²) in [7, 11) is -3.54. The molecule has 0 bridgehead atoms. The summed E-state index contributed by atoms with van der Waals surface area (Å²) >= 11 is 2.30. The Bertz CT molecular complexity index is 1970. The SMILES string of the molecule is CCCCC1(CCCC)C(=O)Sc2cc(OCC(=O)N[C@@H](C(=O)N[C@@H](CCS(C)(=O)=O)C(=O)O)c3ccc(O)cc3)c(SC)cc2N(c2ccccc2)C1=O. The highest BCUT2D eigenvalue weighted by molar-refractivity contribution is 8.14. The van der Waals surface area contributed by atoms with E-state index in [0.717, 1.165) is 30.9 Å². The minimum Gasteiger partial charge on any atom is -0.508 e. The van der Waals surface area contributed by atoms with E-state index in [4.69, 9.17) is 4.74 Å². The summed E-state index contributed by atoms with van der Waals surface area (Å²) in [5, 5.41) is 24.1. The Morgan fingerprint density at radius 1 is 0.964 bits per heavy atom. The van der Waals surface area contributed by atoms with Crippen LogP contribution in [0.4, 0.5) is 11.4 Å². The number of aromatic hydroxyl groups is 1. The molecule has 3 aromatic rings. The lowest BCUT2D eigenvalue weighted by atomic mass is 9.77. The number of fused-ring (bicyclic) bond motifs is 1. The molecule has 0 radical (unpaired) electrons. The molecular formula is C39H47N3O10S3. The van der Waals surface area contributed by atoms with Gasteiger partial charge < -0.3 is 25.6 Å². The van der Waals surface area contributed by atoms with Crippen LogP contribution in [0, 0.1) is 5.41 Å². The summed E-state index contributed by atoms with van der Waals surface area (Å²) in [5.41, 5.74) is 0.0845. The number of anilines is 2. The van der Waals surface area contributed by atoms with E-state index in [0.29, 0.717) is 46.8 Å². The van der Waals surface area contributed by atoms with E-state index in [-0.39, 0.29) is 28.1 Å². The predicted octanol–water partition coefficient (Wildman–Crippen LogP) is 6.02. The Labute approximate surface area is 329 Å².